The van der Waals surface area contributed by atoms with Gasteiger partial charge >= 0.3 is 11.8 Å². The minimum Gasteiger partial charge on any atom is -0.346 e. The molecule has 4 atom stereocenters. The third-order valence-corrected chi connectivity index (χ3v) is 4.36. The maximum absolute atomic E-state index is 11.8. The van der Waals surface area contributed by atoms with Gasteiger partial charge in [-0.1, -0.05) is 0 Å². The fourth-order valence-electron chi connectivity index (χ4n) is 2.93. The van der Waals surface area contributed by atoms with Gasteiger partial charge in [-0.3, -0.25) is 19.4 Å². The molecule has 2 heterocycles. The molecule has 0 aliphatic carbocycles. The SMILES string of the molecule is CC(C)(C)N1C[C@H]1CNC(=O)C(=O)NC[C@@H]1CN1C(C)(C)C. The predicted molar refractivity (Wildman–Crippen MR) is 86.5 cm³/mol. The first-order valence-corrected chi connectivity index (χ1v) is 8.09. The van der Waals surface area contributed by atoms with Crippen molar-refractivity contribution in [1.82, 2.24) is 20.4 Å². The topological polar surface area (TPSA) is 64.2 Å². The molecule has 2 aliphatic rings. The molecule has 6 heteroatoms. The highest BCUT2D eigenvalue weighted by atomic mass is 16.2. The molecular formula is C16H30N4O2. The van der Waals surface area contributed by atoms with Crippen LogP contribution in [0.2, 0.25) is 0 Å². The van der Waals surface area contributed by atoms with Crippen molar-refractivity contribution in [2.75, 3.05) is 26.2 Å². The molecule has 0 bridgehead atoms. The Labute approximate surface area is 133 Å². The van der Waals surface area contributed by atoms with Crippen molar-refractivity contribution in [2.45, 2.75) is 64.7 Å². The normalized spacial score (nSPS) is 30.6. The fourth-order valence-corrected chi connectivity index (χ4v) is 2.93. The van der Waals surface area contributed by atoms with Crippen LogP contribution in [-0.4, -0.2) is 71.0 Å². The number of amides is 2. The predicted octanol–water partition coefficient (Wildman–Crippen LogP) is 0.184. The molecule has 2 N–H and O–H groups in total. The molecule has 0 saturated carbocycles. The molecule has 0 aromatic carbocycles. The number of nitrogens with one attached hydrogen (secondary N) is 2. The summed E-state index contributed by atoms with van der Waals surface area (Å²) >= 11 is 0. The van der Waals surface area contributed by atoms with Gasteiger partial charge in [-0.05, 0) is 41.5 Å². The Morgan fingerprint density at radius 1 is 0.818 bits per heavy atom. The van der Waals surface area contributed by atoms with Gasteiger partial charge in [0.25, 0.3) is 0 Å². The highest BCUT2D eigenvalue weighted by molar-refractivity contribution is 6.35. The summed E-state index contributed by atoms with van der Waals surface area (Å²) in [4.78, 5) is 28.2. The Morgan fingerprint density at radius 2 is 1.14 bits per heavy atom. The van der Waals surface area contributed by atoms with Crippen LogP contribution in [0.1, 0.15) is 41.5 Å². The van der Waals surface area contributed by atoms with Crippen LogP contribution in [0, 0.1) is 0 Å². The van der Waals surface area contributed by atoms with Gasteiger partial charge in [0, 0.05) is 49.3 Å². The lowest BCUT2D eigenvalue weighted by atomic mass is 10.1. The zero-order valence-corrected chi connectivity index (χ0v) is 14.7. The summed E-state index contributed by atoms with van der Waals surface area (Å²) in [5, 5.41) is 5.45. The Kier molecular flexibility index (Phi) is 4.55. The van der Waals surface area contributed by atoms with Crippen molar-refractivity contribution in [3.05, 3.63) is 0 Å². The van der Waals surface area contributed by atoms with Crippen molar-refractivity contribution in [1.29, 1.82) is 0 Å². The first-order chi connectivity index (χ1) is 10.00. The Hall–Kier alpha value is -1.14. The van der Waals surface area contributed by atoms with Crippen LogP contribution >= 0.6 is 0 Å². The van der Waals surface area contributed by atoms with Crippen molar-refractivity contribution in [2.24, 2.45) is 0 Å². The molecule has 2 amide bonds. The maximum atomic E-state index is 11.8. The van der Waals surface area contributed by atoms with E-state index >= 15 is 0 Å². The lowest BCUT2D eigenvalue weighted by molar-refractivity contribution is -0.139. The van der Waals surface area contributed by atoms with E-state index in [4.69, 9.17) is 0 Å². The average Bonchev–Trinajstić information content (AvgIpc) is 3.22. The van der Waals surface area contributed by atoms with Gasteiger partial charge in [0.2, 0.25) is 0 Å². The first kappa shape index (κ1) is 17.2. The fraction of sp³-hybridized carbons (Fsp3) is 0.875. The van der Waals surface area contributed by atoms with E-state index in [1.165, 1.54) is 0 Å². The monoisotopic (exact) mass is 310 g/mol. The summed E-state index contributed by atoms with van der Waals surface area (Å²) < 4.78 is 0. The lowest BCUT2D eigenvalue weighted by Crippen LogP contribution is -2.44. The van der Waals surface area contributed by atoms with E-state index in [0.717, 1.165) is 13.1 Å². The van der Waals surface area contributed by atoms with E-state index in [1.807, 2.05) is 0 Å². The van der Waals surface area contributed by atoms with Crippen LogP contribution in [0.25, 0.3) is 0 Å². The molecule has 2 unspecified atom stereocenters. The summed E-state index contributed by atoms with van der Waals surface area (Å²) in [6.45, 7) is 16.0. The minimum atomic E-state index is -0.524. The highest BCUT2D eigenvalue weighted by Crippen LogP contribution is 2.28. The maximum Gasteiger partial charge on any atom is 0.309 e. The second-order valence-electron chi connectivity index (χ2n) is 8.37. The van der Waals surface area contributed by atoms with Gasteiger partial charge in [-0.25, -0.2) is 0 Å². The largest absolute Gasteiger partial charge is 0.346 e. The molecule has 2 saturated heterocycles. The van der Waals surface area contributed by atoms with E-state index in [-0.39, 0.29) is 11.1 Å². The molecule has 2 aliphatic heterocycles. The van der Waals surface area contributed by atoms with Crippen LogP contribution in [0.5, 0.6) is 0 Å². The van der Waals surface area contributed by atoms with Crippen molar-refractivity contribution < 1.29 is 9.59 Å². The zero-order valence-electron chi connectivity index (χ0n) is 14.7. The second-order valence-corrected chi connectivity index (χ2v) is 8.37. The van der Waals surface area contributed by atoms with Gasteiger partial charge < -0.3 is 10.6 Å². The average molecular weight is 310 g/mol. The van der Waals surface area contributed by atoms with Crippen LogP contribution in [0.15, 0.2) is 0 Å². The second kappa shape index (κ2) is 5.81. The number of carbonyl (C=O) groups is 2. The summed E-state index contributed by atoms with van der Waals surface area (Å²) in [6, 6.07) is 0.716. The van der Waals surface area contributed by atoms with Gasteiger partial charge in [0.1, 0.15) is 0 Å². The smallest absolute Gasteiger partial charge is 0.309 e. The number of carbonyl (C=O) groups excluding carboxylic acids is 2. The zero-order chi connectivity index (χ0) is 16.7. The summed E-state index contributed by atoms with van der Waals surface area (Å²) in [5.74, 6) is -1.05. The third-order valence-electron chi connectivity index (χ3n) is 4.36. The van der Waals surface area contributed by atoms with Crippen molar-refractivity contribution >= 4 is 11.8 Å². The Morgan fingerprint density at radius 3 is 1.36 bits per heavy atom. The molecule has 2 rings (SSSR count). The van der Waals surface area contributed by atoms with Crippen molar-refractivity contribution in [3.63, 3.8) is 0 Å². The number of hydrogen-bond acceptors (Lipinski definition) is 4. The molecule has 0 radical (unpaired) electrons. The lowest BCUT2D eigenvalue weighted by Gasteiger charge is -2.21. The first-order valence-electron chi connectivity index (χ1n) is 8.09. The van der Waals surface area contributed by atoms with E-state index in [9.17, 15) is 9.59 Å². The number of hydrogen-bond donors (Lipinski definition) is 2. The molecule has 22 heavy (non-hydrogen) atoms. The highest BCUT2D eigenvalue weighted by Gasteiger charge is 2.43. The van der Waals surface area contributed by atoms with E-state index in [2.05, 4.69) is 62.0 Å². The molecule has 0 aromatic heterocycles. The standard InChI is InChI=1S/C16H30N4O2/c1-15(2,3)19-9-11(19)7-17-13(21)14(22)18-8-12-10-20(12)16(4,5)6/h11-12H,7-10H2,1-6H3,(H,17,21)(H,18,22)/t11-,12-,19?,20?/m1/s1. The summed E-state index contributed by atoms with van der Waals surface area (Å²) in [5.41, 5.74) is 0.250. The van der Waals surface area contributed by atoms with Gasteiger partial charge in [-0.2, -0.15) is 0 Å². The molecule has 6 nitrogen and oxygen atoms in total. The van der Waals surface area contributed by atoms with Crippen LogP contribution in [0.3, 0.4) is 0 Å². The number of nitrogens with zero attached hydrogens (tertiary/aromatic N) is 2. The van der Waals surface area contributed by atoms with E-state index in [1.54, 1.807) is 0 Å². The molecular weight excluding hydrogens is 280 g/mol. The molecule has 0 spiro atoms. The van der Waals surface area contributed by atoms with Gasteiger partial charge in [-0.15, -0.1) is 0 Å². The van der Waals surface area contributed by atoms with Crippen molar-refractivity contribution in [3.8, 4) is 0 Å². The molecule has 2 fully saturated rings. The summed E-state index contributed by atoms with van der Waals surface area (Å²) in [6.07, 6.45) is 0. The van der Waals surface area contributed by atoms with Crippen LogP contribution in [0.4, 0.5) is 0 Å². The van der Waals surface area contributed by atoms with Gasteiger partial charge in [0.15, 0.2) is 0 Å². The van der Waals surface area contributed by atoms with E-state index < -0.39 is 11.8 Å². The number of rotatable bonds is 4. The van der Waals surface area contributed by atoms with Gasteiger partial charge in [0.05, 0.1) is 0 Å². The Balaban J connectivity index is 1.62. The quantitative estimate of drug-likeness (QED) is 0.574. The van der Waals surface area contributed by atoms with E-state index in [0.29, 0.717) is 25.2 Å². The third kappa shape index (κ3) is 4.43. The minimum absolute atomic E-state index is 0.125. The van der Waals surface area contributed by atoms with Crippen LogP contribution < -0.4 is 10.6 Å². The van der Waals surface area contributed by atoms with Crippen LogP contribution in [-0.2, 0) is 9.59 Å². The molecule has 126 valence electrons. The molecule has 0 aromatic rings. The Bertz CT molecular complexity index is 408. The summed E-state index contributed by atoms with van der Waals surface area (Å²) in [7, 11) is 0.